The molecule has 2 aliphatic heterocycles. The van der Waals surface area contributed by atoms with Gasteiger partial charge in [0.25, 0.3) is 0 Å². The van der Waals surface area contributed by atoms with Crippen LogP contribution in [0.2, 0.25) is 0 Å². The molecule has 2 heterocycles. The Hall–Kier alpha value is -2.68. The predicted octanol–water partition coefficient (Wildman–Crippen LogP) is 3.09. The van der Waals surface area contributed by atoms with E-state index in [9.17, 15) is 24.0 Å². The number of ketones is 2. The minimum atomic E-state index is -0.704. The van der Waals surface area contributed by atoms with Gasteiger partial charge in [-0.15, -0.1) is 0 Å². The summed E-state index contributed by atoms with van der Waals surface area (Å²) in [5, 5.41) is 5.76. The molecule has 3 amide bonds. The number of fused-ring (bicyclic) bond motifs is 5. The third-order valence-corrected chi connectivity index (χ3v) is 8.69. The van der Waals surface area contributed by atoms with Crippen molar-refractivity contribution in [2.24, 2.45) is 17.8 Å². The highest BCUT2D eigenvalue weighted by atomic mass is 32.1. The van der Waals surface area contributed by atoms with Crippen LogP contribution in [0, 0.1) is 17.8 Å². The molecule has 5 atom stereocenters. The van der Waals surface area contributed by atoms with Crippen LogP contribution in [0.3, 0.4) is 0 Å². The number of hydrogen-bond acceptors (Lipinski definition) is 6. The van der Waals surface area contributed by atoms with Crippen molar-refractivity contribution >= 4 is 41.9 Å². The molecule has 2 fully saturated rings. The molecular weight excluding hydrogens is 502 g/mol. The molecule has 3 aliphatic rings. The summed E-state index contributed by atoms with van der Waals surface area (Å²) in [5.74, 6) is -1.52. The molecule has 1 saturated carbocycles. The largest absolute Gasteiger partial charge is 0.350 e. The number of nitrogens with zero attached hydrogens (tertiary/aromatic N) is 1. The van der Waals surface area contributed by atoms with Crippen LogP contribution in [0.1, 0.15) is 80.6 Å². The number of benzene rings is 1. The lowest BCUT2D eigenvalue weighted by Gasteiger charge is -2.25. The molecular formula is C29H39N3O5S. The summed E-state index contributed by atoms with van der Waals surface area (Å²) in [6, 6.07) is 5.79. The van der Waals surface area contributed by atoms with Crippen LogP contribution in [0.25, 0.3) is 0 Å². The molecule has 38 heavy (non-hydrogen) atoms. The molecule has 206 valence electrons. The Balaban J connectivity index is 1.62. The first-order valence-electron chi connectivity index (χ1n) is 14.0. The van der Waals surface area contributed by atoms with Gasteiger partial charge in [0.1, 0.15) is 17.9 Å². The topological polar surface area (TPSA) is 113 Å². The van der Waals surface area contributed by atoms with Crippen molar-refractivity contribution in [1.29, 1.82) is 0 Å². The van der Waals surface area contributed by atoms with Gasteiger partial charge < -0.3 is 15.5 Å². The second-order valence-corrected chi connectivity index (χ2v) is 11.4. The second-order valence-electron chi connectivity index (χ2n) is 10.9. The van der Waals surface area contributed by atoms with E-state index in [-0.39, 0.29) is 42.3 Å². The number of carbonyl (C=O) groups excluding carboxylic acids is 5. The van der Waals surface area contributed by atoms with Crippen molar-refractivity contribution in [3.8, 4) is 0 Å². The number of thiol groups is 1. The van der Waals surface area contributed by atoms with Gasteiger partial charge in [-0.3, -0.25) is 24.0 Å². The highest BCUT2D eigenvalue weighted by Crippen LogP contribution is 2.37. The molecule has 0 spiro atoms. The van der Waals surface area contributed by atoms with Gasteiger partial charge in [-0.2, -0.15) is 12.6 Å². The fourth-order valence-corrected chi connectivity index (χ4v) is 6.32. The number of carbonyl (C=O) groups is 5. The minimum absolute atomic E-state index is 0.0345. The molecule has 0 radical (unpaired) electrons. The SMILES string of the molecule is C[C@@H]1C(=O)NCc2cccc(c2)C(=O)C2CCC[C@@H]2C(=O)C[C@@H](CCCCCS)C(=O)N[C@@H]2CCN1C2=O. The Morgan fingerprint density at radius 2 is 1.76 bits per heavy atom. The van der Waals surface area contributed by atoms with E-state index in [4.69, 9.17) is 0 Å². The normalized spacial score (nSPS) is 28.9. The van der Waals surface area contributed by atoms with E-state index in [1.165, 1.54) is 4.90 Å². The van der Waals surface area contributed by atoms with Crippen molar-refractivity contribution in [3.05, 3.63) is 35.4 Å². The first-order chi connectivity index (χ1) is 18.3. The number of nitrogens with one attached hydrogen (secondary N) is 2. The summed E-state index contributed by atoms with van der Waals surface area (Å²) < 4.78 is 0. The number of amides is 3. The molecule has 8 nitrogen and oxygen atoms in total. The van der Waals surface area contributed by atoms with Crippen LogP contribution >= 0.6 is 12.6 Å². The fourth-order valence-electron chi connectivity index (χ4n) is 6.10. The smallest absolute Gasteiger partial charge is 0.245 e. The van der Waals surface area contributed by atoms with E-state index >= 15 is 0 Å². The summed E-state index contributed by atoms with van der Waals surface area (Å²) >= 11 is 4.26. The molecule has 1 aromatic rings. The van der Waals surface area contributed by atoms with Crippen LogP contribution in [0.15, 0.2) is 24.3 Å². The lowest BCUT2D eigenvalue weighted by molar-refractivity contribution is -0.139. The number of unbranched alkanes of at least 4 members (excludes halogenated alkanes) is 2. The van der Waals surface area contributed by atoms with E-state index in [1.807, 2.05) is 6.07 Å². The first kappa shape index (κ1) is 28.3. The van der Waals surface area contributed by atoms with Crippen molar-refractivity contribution in [1.82, 2.24) is 15.5 Å². The summed E-state index contributed by atoms with van der Waals surface area (Å²) in [5.41, 5.74) is 1.33. The first-order valence-corrected chi connectivity index (χ1v) is 14.6. The third-order valence-electron chi connectivity index (χ3n) is 8.38. The molecule has 1 saturated heterocycles. The lowest BCUT2D eigenvalue weighted by Crippen LogP contribution is -2.50. The van der Waals surface area contributed by atoms with Gasteiger partial charge >= 0.3 is 0 Å². The van der Waals surface area contributed by atoms with Crippen LogP contribution in [-0.2, 0) is 25.7 Å². The van der Waals surface area contributed by atoms with Gasteiger partial charge in [0.15, 0.2) is 5.78 Å². The maximum absolute atomic E-state index is 13.5. The zero-order valence-electron chi connectivity index (χ0n) is 22.1. The van der Waals surface area contributed by atoms with Gasteiger partial charge in [0.2, 0.25) is 17.7 Å². The molecule has 4 rings (SSSR count). The van der Waals surface area contributed by atoms with E-state index in [1.54, 1.807) is 25.1 Å². The zero-order chi connectivity index (χ0) is 27.2. The number of rotatable bonds is 5. The molecule has 9 heteroatoms. The second kappa shape index (κ2) is 12.9. The molecule has 1 aliphatic carbocycles. The van der Waals surface area contributed by atoms with Crippen LogP contribution in [-0.4, -0.2) is 58.6 Å². The van der Waals surface area contributed by atoms with Crippen molar-refractivity contribution in [3.63, 3.8) is 0 Å². The predicted molar refractivity (Wildman–Crippen MR) is 147 cm³/mol. The Morgan fingerprint density at radius 1 is 0.974 bits per heavy atom. The van der Waals surface area contributed by atoms with E-state index in [0.29, 0.717) is 37.8 Å². The van der Waals surface area contributed by atoms with Gasteiger partial charge in [0, 0.05) is 42.8 Å². The van der Waals surface area contributed by atoms with E-state index < -0.39 is 29.8 Å². The highest BCUT2D eigenvalue weighted by molar-refractivity contribution is 7.80. The summed E-state index contributed by atoms with van der Waals surface area (Å²) in [6.07, 6.45) is 5.76. The fraction of sp³-hybridized carbons (Fsp3) is 0.621. The molecule has 2 N–H and O–H groups in total. The van der Waals surface area contributed by atoms with Crippen molar-refractivity contribution < 1.29 is 24.0 Å². The standard InChI is InChI=1S/C29H39N3O5S/c1-18-27(35)30-17-19-7-5-9-20(15-19)26(34)23-11-6-10-22(23)25(33)16-21(8-3-2-4-14-38)28(36)31-24-12-13-32(18)29(24)37/h5,7,9,15,18,21-24,38H,2-4,6,8,10-14,16-17H2,1H3,(H,30,35)(H,31,36)/t18-,21-,22+,23?,24-/m1/s1. The third kappa shape index (κ3) is 6.47. The monoisotopic (exact) mass is 541 g/mol. The Labute approximate surface area is 230 Å². The van der Waals surface area contributed by atoms with Crippen LogP contribution in [0.4, 0.5) is 0 Å². The molecule has 1 unspecified atom stereocenters. The number of hydrogen-bond donors (Lipinski definition) is 3. The van der Waals surface area contributed by atoms with Crippen molar-refractivity contribution in [2.45, 2.75) is 83.3 Å². The van der Waals surface area contributed by atoms with Gasteiger partial charge in [-0.05, 0) is 56.4 Å². The van der Waals surface area contributed by atoms with E-state index in [0.717, 1.165) is 37.0 Å². The van der Waals surface area contributed by atoms with Gasteiger partial charge in [-0.1, -0.05) is 37.5 Å². The van der Waals surface area contributed by atoms with Gasteiger partial charge in [0.05, 0.1) is 0 Å². The number of Topliss-reactive ketones (excluding diaryl/α,β-unsaturated/α-hetero) is 2. The quantitative estimate of drug-likeness (QED) is 0.392. The maximum atomic E-state index is 13.5. The summed E-state index contributed by atoms with van der Waals surface area (Å²) in [6.45, 7) is 2.28. The average molecular weight is 542 g/mol. The van der Waals surface area contributed by atoms with Crippen molar-refractivity contribution in [2.75, 3.05) is 12.3 Å². The van der Waals surface area contributed by atoms with Gasteiger partial charge in [-0.25, -0.2) is 0 Å². The Kier molecular flexibility index (Phi) is 9.63. The van der Waals surface area contributed by atoms with Crippen LogP contribution in [0.5, 0.6) is 0 Å². The summed E-state index contributed by atoms with van der Waals surface area (Å²) in [7, 11) is 0. The highest BCUT2D eigenvalue weighted by Gasteiger charge is 2.41. The zero-order valence-corrected chi connectivity index (χ0v) is 23.0. The summed E-state index contributed by atoms with van der Waals surface area (Å²) in [4.78, 5) is 67.9. The van der Waals surface area contributed by atoms with E-state index in [2.05, 4.69) is 23.3 Å². The molecule has 0 aromatic heterocycles. The Morgan fingerprint density at radius 3 is 2.55 bits per heavy atom. The Bertz CT molecular complexity index is 1080. The average Bonchev–Trinajstić information content (AvgIpc) is 3.55. The lowest BCUT2D eigenvalue weighted by atomic mass is 9.81. The molecule has 1 aromatic carbocycles. The maximum Gasteiger partial charge on any atom is 0.245 e. The minimum Gasteiger partial charge on any atom is -0.350 e. The molecule has 4 bridgehead atoms. The van der Waals surface area contributed by atoms with Crippen LogP contribution < -0.4 is 10.6 Å².